The van der Waals surface area contributed by atoms with E-state index in [1.807, 2.05) is 0 Å². The van der Waals surface area contributed by atoms with Crippen LogP contribution in [0.5, 0.6) is 0 Å². The lowest BCUT2D eigenvalue weighted by molar-refractivity contribution is -0.115. The number of fused-ring (bicyclic) bond motifs is 1. The molecule has 0 saturated carbocycles. The number of rotatable bonds is 1. The molecule has 1 aromatic rings. The van der Waals surface area contributed by atoms with Crippen LogP contribution in [0, 0.1) is 0 Å². The first-order chi connectivity index (χ1) is 6.31. The van der Waals surface area contributed by atoms with E-state index in [0.29, 0.717) is 5.69 Å². The van der Waals surface area contributed by atoms with E-state index in [4.69, 9.17) is 0 Å². The Hall–Kier alpha value is -1.93. The Bertz CT molecular complexity index is 420. The molecule has 1 amide bonds. The van der Waals surface area contributed by atoms with Crippen LogP contribution in [-0.4, -0.2) is 12.0 Å². The van der Waals surface area contributed by atoms with Crippen LogP contribution in [0.2, 0.25) is 0 Å². The minimum Gasteiger partial charge on any atom is -0.325 e. The first-order valence-corrected chi connectivity index (χ1v) is 3.81. The van der Waals surface area contributed by atoms with Gasteiger partial charge in [0.1, 0.15) is 0 Å². The summed E-state index contributed by atoms with van der Waals surface area (Å²) in [6.07, 6.45) is 1.75. The second-order valence-electron chi connectivity index (χ2n) is 2.73. The van der Waals surface area contributed by atoms with Crippen LogP contribution in [-0.2, 0) is 16.0 Å². The van der Waals surface area contributed by atoms with Crippen LogP contribution in [0.3, 0.4) is 0 Å². The summed E-state index contributed by atoms with van der Waals surface area (Å²) in [6, 6.07) is 5.20. The highest BCUT2D eigenvalue weighted by atomic mass is 16.1. The number of isocyanates is 1. The third kappa shape index (κ3) is 1.23. The van der Waals surface area contributed by atoms with Gasteiger partial charge in [0.15, 0.2) is 0 Å². The Morgan fingerprint density at radius 3 is 3.08 bits per heavy atom. The fraction of sp³-hybridized carbons (Fsp3) is 0.111. The highest BCUT2D eigenvalue weighted by molar-refractivity contribution is 6.01. The van der Waals surface area contributed by atoms with Crippen molar-refractivity contribution in [3.8, 4) is 0 Å². The van der Waals surface area contributed by atoms with Crippen LogP contribution in [0.1, 0.15) is 5.56 Å². The molecule has 0 aliphatic carbocycles. The molecule has 1 aliphatic heterocycles. The number of carbonyl (C=O) groups excluding carboxylic acids is 2. The number of amides is 1. The van der Waals surface area contributed by atoms with Gasteiger partial charge in [-0.15, -0.1) is 0 Å². The maximum atomic E-state index is 11.0. The molecule has 0 atom stereocenters. The second kappa shape index (κ2) is 2.84. The largest absolute Gasteiger partial charge is 0.325 e. The Kier molecular flexibility index (Phi) is 1.69. The molecule has 64 valence electrons. The average Bonchev–Trinajstić information content (AvgIpc) is 2.47. The molecule has 0 spiro atoms. The monoisotopic (exact) mass is 174 g/mol. The smallest absolute Gasteiger partial charge is 0.240 e. The van der Waals surface area contributed by atoms with Gasteiger partial charge < -0.3 is 5.32 Å². The lowest BCUT2D eigenvalue weighted by atomic mass is 10.1. The molecule has 4 heteroatoms. The highest BCUT2D eigenvalue weighted by Crippen LogP contribution is 2.31. The van der Waals surface area contributed by atoms with Crippen molar-refractivity contribution in [1.82, 2.24) is 0 Å². The third-order valence-electron chi connectivity index (χ3n) is 1.93. The SMILES string of the molecule is O=C=Nc1cccc2c1CC(=O)N2. The summed E-state index contributed by atoms with van der Waals surface area (Å²) in [7, 11) is 0. The van der Waals surface area contributed by atoms with Gasteiger partial charge in [0, 0.05) is 11.3 Å². The van der Waals surface area contributed by atoms with Gasteiger partial charge in [0.2, 0.25) is 12.0 Å². The van der Waals surface area contributed by atoms with E-state index < -0.39 is 0 Å². The molecule has 1 aliphatic rings. The Morgan fingerprint density at radius 2 is 2.31 bits per heavy atom. The molecule has 1 aromatic carbocycles. The van der Waals surface area contributed by atoms with E-state index in [1.54, 1.807) is 18.2 Å². The van der Waals surface area contributed by atoms with Crippen molar-refractivity contribution in [3.05, 3.63) is 23.8 Å². The standard InChI is InChI=1S/C9H6N2O2/c12-5-10-7-2-1-3-8-6(7)4-9(13)11-8/h1-3H,4H2,(H,11,13). The van der Waals surface area contributed by atoms with Crippen molar-refractivity contribution in [2.75, 3.05) is 5.32 Å². The summed E-state index contributed by atoms with van der Waals surface area (Å²) in [4.78, 5) is 24.6. The molecule has 1 heterocycles. The molecule has 0 bridgehead atoms. The maximum Gasteiger partial charge on any atom is 0.240 e. The summed E-state index contributed by atoms with van der Waals surface area (Å²) in [5, 5.41) is 2.67. The molecule has 2 rings (SSSR count). The van der Waals surface area contributed by atoms with Crippen LogP contribution < -0.4 is 5.32 Å². The van der Waals surface area contributed by atoms with E-state index in [2.05, 4.69) is 10.3 Å². The van der Waals surface area contributed by atoms with Crippen molar-refractivity contribution in [3.63, 3.8) is 0 Å². The fourth-order valence-corrected chi connectivity index (χ4v) is 1.39. The van der Waals surface area contributed by atoms with Gasteiger partial charge in [0.05, 0.1) is 12.1 Å². The summed E-state index contributed by atoms with van der Waals surface area (Å²) >= 11 is 0. The van der Waals surface area contributed by atoms with Gasteiger partial charge in [-0.05, 0) is 12.1 Å². The van der Waals surface area contributed by atoms with E-state index in [9.17, 15) is 9.59 Å². The maximum absolute atomic E-state index is 11.0. The van der Waals surface area contributed by atoms with Gasteiger partial charge in [-0.1, -0.05) is 6.07 Å². The first-order valence-electron chi connectivity index (χ1n) is 3.81. The molecule has 1 N–H and O–H groups in total. The first kappa shape index (κ1) is 7.71. The van der Waals surface area contributed by atoms with Crippen molar-refractivity contribution >= 4 is 23.4 Å². The predicted octanol–water partition coefficient (Wildman–Crippen LogP) is 1.15. The number of hydrogen-bond acceptors (Lipinski definition) is 3. The minimum absolute atomic E-state index is 0.0662. The zero-order valence-electron chi connectivity index (χ0n) is 6.70. The van der Waals surface area contributed by atoms with Gasteiger partial charge in [-0.2, -0.15) is 4.99 Å². The number of nitrogens with zero attached hydrogens (tertiary/aromatic N) is 1. The van der Waals surface area contributed by atoms with Crippen LogP contribution >= 0.6 is 0 Å². The molecule has 0 unspecified atom stereocenters. The summed E-state index contributed by atoms with van der Waals surface area (Å²) in [6.45, 7) is 0. The van der Waals surface area contributed by atoms with E-state index in [1.165, 1.54) is 6.08 Å². The number of hydrogen-bond donors (Lipinski definition) is 1. The van der Waals surface area contributed by atoms with Crippen molar-refractivity contribution < 1.29 is 9.59 Å². The quantitative estimate of drug-likeness (QED) is 0.512. The molecular weight excluding hydrogens is 168 g/mol. The summed E-state index contributed by atoms with van der Waals surface area (Å²) in [5.41, 5.74) is 2.03. The molecule has 4 nitrogen and oxygen atoms in total. The van der Waals surface area contributed by atoms with Gasteiger partial charge in [-0.25, -0.2) is 4.79 Å². The molecule has 0 radical (unpaired) electrons. The minimum atomic E-state index is -0.0662. The van der Waals surface area contributed by atoms with E-state index in [-0.39, 0.29) is 12.3 Å². The zero-order valence-corrected chi connectivity index (χ0v) is 6.70. The van der Waals surface area contributed by atoms with Crippen molar-refractivity contribution in [1.29, 1.82) is 0 Å². The fourth-order valence-electron chi connectivity index (χ4n) is 1.39. The van der Waals surface area contributed by atoms with Gasteiger partial charge in [0.25, 0.3) is 0 Å². The van der Waals surface area contributed by atoms with E-state index >= 15 is 0 Å². The number of benzene rings is 1. The Morgan fingerprint density at radius 1 is 1.46 bits per heavy atom. The van der Waals surface area contributed by atoms with Crippen molar-refractivity contribution in [2.45, 2.75) is 6.42 Å². The number of nitrogens with one attached hydrogen (secondary N) is 1. The molecular formula is C9H6N2O2. The predicted molar refractivity (Wildman–Crippen MR) is 46.6 cm³/mol. The molecule has 0 aromatic heterocycles. The Labute approximate surface area is 74.3 Å². The van der Waals surface area contributed by atoms with Gasteiger partial charge >= 0.3 is 0 Å². The third-order valence-corrected chi connectivity index (χ3v) is 1.93. The van der Waals surface area contributed by atoms with Crippen molar-refractivity contribution in [2.24, 2.45) is 4.99 Å². The summed E-state index contributed by atoms with van der Waals surface area (Å²) < 4.78 is 0. The normalized spacial score (nSPS) is 13.1. The van der Waals surface area contributed by atoms with Crippen LogP contribution in [0.25, 0.3) is 0 Å². The molecule has 0 fully saturated rings. The Balaban J connectivity index is 2.57. The average molecular weight is 174 g/mol. The van der Waals surface area contributed by atoms with Crippen LogP contribution in [0.15, 0.2) is 23.2 Å². The summed E-state index contributed by atoms with van der Waals surface area (Å²) in [5.74, 6) is -0.0662. The van der Waals surface area contributed by atoms with Gasteiger partial charge in [-0.3, -0.25) is 4.79 Å². The number of aliphatic imine (C=N–C) groups is 1. The lowest BCUT2D eigenvalue weighted by Crippen LogP contribution is -2.03. The molecule has 13 heavy (non-hydrogen) atoms. The number of carbonyl (C=O) groups is 1. The molecule has 0 saturated heterocycles. The van der Waals surface area contributed by atoms with Crippen LogP contribution in [0.4, 0.5) is 11.4 Å². The second-order valence-corrected chi connectivity index (χ2v) is 2.73. The zero-order chi connectivity index (χ0) is 9.26. The lowest BCUT2D eigenvalue weighted by Gasteiger charge is -1.98. The topological polar surface area (TPSA) is 58.5 Å². The van der Waals surface area contributed by atoms with E-state index in [0.717, 1.165) is 11.3 Å². The highest BCUT2D eigenvalue weighted by Gasteiger charge is 2.19. The number of anilines is 1.